The number of dihydropyridines is 1. The third-order valence-corrected chi connectivity index (χ3v) is 11.2. The minimum atomic E-state index is -0.650. The van der Waals surface area contributed by atoms with Gasteiger partial charge in [0.05, 0.1) is 4.92 Å². The van der Waals surface area contributed by atoms with Crippen LogP contribution in [0.1, 0.15) is 102 Å². The number of carbonyl (C=O) groups is 2. The number of nitrogens with zero attached hydrogens (tertiary/aromatic N) is 3. The summed E-state index contributed by atoms with van der Waals surface area (Å²) in [5.41, 5.74) is 6.11. The smallest absolute Gasteiger partial charge is 0.269 e. The molecule has 282 valence electrons. The Morgan fingerprint density at radius 3 is 1.96 bits per heavy atom. The number of nitro benzene ring substituents is 1. The van der Waals surface area contributed by atoms with E-state index in [4.69, 9.17) is 0 Å². The van der Waals surface area contributed by atoms with Crippen molar-refractivity contribution >= 4 is 17.5 Å². The van der Waals surface area contributed by atoms with Gasteiger partial charge in [0.15, 0.2) is 0 Å². The van der Waals surface area contributed by atoms with Crippen LogP contribution in [-0.4, -0.2) is 65.8 Å². The molecule has 5 rings (SSSR count). The summed E-state index contributed by atoms with van der Waals surface area (Å²) in [6.45, 7) is 12.5. The lowest BCUT2D eigenvalue weighted by Gasteiger charge is -2.43. The van der Waals surface area contributed by atoms with Gasteiger partial charge >= 0.3 is 0 Å². The molecule has 3 aromatic carbocycles. The zero-order valence-corrected chi connectivity index (χ0v) is 32.0. The number of allylic oxidation sites excluding steroid dienone is 2. The molecular weight excluding hydrogens is 663 g/mol. The monoisotopic (exact) mass is 719 g/mol. The minimum Gasteiger partial charge on any atom is -0.361 e. The predicted molar refractivity (Wildman–Crippen MR) is 212 cm³/mol. The normalized spacial score (nSPS) is 17.3. The van der Waals surface area contributed by atoms with Crippen molar-refractivity contribution in [1.82, 2.24) is 20.4 Å². The fourth-order valence-electron chi connectivity index (χ4n) is 8.18. The van der Waals surface area contributed by atoms with Crippen LogP contribution >= 0.6 is 0 Å². The molecule has 1 saturated heterocycles. The number of piperidine rings is 1. The maximum atomic E-state index is 14.4. The lowest BCUT2D eigenvalue weighted by atomic mass is 9.68. The van der Waals surface area contributed by atoms with Crippen LogP contribution in [0.15, 0.2) is 107 Å². The molecule has 0 saturated carbocycles. The molecule has 53 heavy (non-hydrogen) atoms. The standard InChI is InChI=1S/C44H57N5O4/c1-5-9-12-22-38-40(39(33-23-25-36(26-24-33)49(52)53)41(37(6-2)46-38)43(51)48(7-3)8-4)42(50)45-29-17-30-47-31-27-44(28-32-47,34-18-13-10-14-19-34)35-20-15-11-16-21-35/h10-11,13-16,18-21,23-26,39,46H,5-9,12,17,22,27-32H2,1-4H3,(H,45,50). The van der Waals surface area contributed by atoms with E-state index >= 15 is 0 Å². The second-order valence-corrected chi connectivity index (χ2v) is 14.2. The largest absolute Gasteiger partial charge is 0.361 e. The maximum Gasteiger partial charge on any atom is 0.269 e. The number of nitro groups is 1. The summed E-state index contributed by atoms with van der Waals surface area (Å²) < 4.78 is 0. The highest BCUT2D eigenvalue weighted by atomic mass is 16.6. The van der Waals surface area contributed by atoms with Crippen LogP contribution in [0.25, 0.3) is 0 Å². The number of unbranched alkanes of at least 4 members (excludes halogenated alkanes) is 2. The molecule has 0 aliphatic carbocycles. The van der Waals surface area contributed by atoms with Gasteiger partial charge in [-0.15, -0.1) is 0 Å². The molecule has 1 atom stereocenters. The van der Waals surface area contributed by atoms with Crippen molar-refractivity contribution in [1.29, 1.82) is 0 Å². The first-order valence-corrected chi connectivity index (χ1v) is 19.7. The summed E-state index contributed by atoms with van der Waals surface area (Å²) in [6.07, 6.45) is 7.07. The summed E-state index contributed by atoms with van der Waals surface area (Å²) >= 11 is 0. The number of likely N-dealkylation sites (N-methyl/N-ethyl adjacent to an activating group) is 1. The van der Waals surface area contributed by atoms with Crippen LogP contribution in [-0.2, 0) is 15.0 Å². The van der Waals surface area contributed by atoms with Crippen LogP contribution in [0.4, 0.5) is 5.69 Å². The topological polar surface area (TPSA) is 108 Å². The number of non-ortho nitro benzene ring substituents is 1. The number of likely N-dealkylation sites (tertiary alicyclic amines) is 1. The van der Waals surface area contributed by atoms with E-state index in [0.29, 0.717) is 49.2 Å². The van der Waals surface area contributed by atoms with E-state index in [2.05, 4.69) is 83.1 Å². The fraction of sp³-hybridized carbons (Fsp3) is 0.455. The molecule has 3 aromatic rings. The Kier molecular flexibility index (Phi) is 14.0. The number of amides is 2. The molecule has 0 spiro atoms. The van der Waals surface area contributed by atoms with Gasteiger partial charge in [0, 0.05) is 65.6 Å². The lowest BCUT2D eigenvalue weighted by Crippen LogP contribution is -2.44. The highest BCUT2D eigenvalue weighted by Gasteiger charge is 2.40. The summed E-state index contributed by atoms with van der Waals surface area (Å²) in [5, 5.41) is 18.4. The van der Waals surface area contributed by atoms with Crippen molar-refractivity contribution in [3.63, 3.8) is 0 Å². The van der Waals surface area contributed by atoms with Crippen LogP contribution in [0.5, 0.6) is 0 Å². The maximum absolute atomic E-state index is 14.4. The molecule has 1 fully saturated rings. The van der Waals surface area contributed by atoms with Crippen LogP contribution in [0, 0.1) is 10.1 Å². The first-order valence-electron chi connectivity index (χ1n) is 19.7. The summed E-state index contributed by atoms with van der Waals surface area (Å²) in [6, 6.07) is 28.1. The van der Waals surface area contributed by atoms with Gasteiger partial charge in [-0.2, -0.15) is 0 Å². The Balaban J connectivity index is 1.35. The Bertz CT molecular complexity index is 1700. The first kappa shape index (κ1) is 39.4. The summed E-state index contributed by atoms with van der Waals surface area (Å²) in [7, 11) is 0. The molecule has 9 heteroatoms. The van der Waals surface area contributed by atoms with Crippen molar-refractivity contribution in [2.75, 3.05) is 39.3 Å². The highest BCUT2D eigenvalue weighted by molar-refractivity contribution is 6.04. The third-order valence-electron chi connectivity index (χ3n) is 11.2. The number of hydrogen-bond acceptors (Lipinski definition) is 6. The van der Waals surface area contributed by atoms with E-state index in [0.717, 1.165) is 69.6 Å². The van der Waals surface area contributed by atoms with Crippen molar-refractivity contribution in [3.05, 3.63) is 134 Å². The molecule has 2 N–H and O–H groups in total. The van der Waals surface area contributed by atoms with Crippen LogP contribution < -0.4 is 10.6 Å². The Morgan fingerprint density at radius 1 is 0.830 bits per heavy atom. The lowest BCUT2D eigenvalue weighted by molar-refractivity contribution is -0.384. The van der Waals surface area contributed by atoms with Gasteiger partial charge in [0.2, 0.25) is 5.91 Å². The zero-order chi connectivity index (χ0) is 37.8. The van der Waals surface area contributed by atoms with Gasteiger partial charge in [0.1, 0.15) is 0 Å². The second-order valence-electron chi connectivity index (χ2n) is 14.2. The van der Waals surface area contributed by atoms with E-state index in [-0.39, 0.29) is 22.9 Å². The molecule has 0 radical (unpaired) electrons. The van der Waals surface area contributed by atoms with Crippen molar-refractivity contribution < 1.29 is 14.5 Å². The number of hydrogen-bond donors (Lipinski definition) is 2. The van der Waals surface area contributed by atoms with Crippen molar-refractivity contribution in [2.45, 2.75) is 90.4 Å². The molecule has 1 unspecified atom stereocenters. The number of nitrogens with one attached hydrogen (secondary N) is 2. The molecular formula is C44H57N5O4. The van der Waals surface area contributed by atoms with Gasteiger partial charge in [-0.25, -0.2) is 0 Å². The van der Waals surface area contributed by atoms with Gasteiger partial charge < -0.3 is 20.4 Å². The molecule has 9 nitrogen and oxygen atoms in total. The minimum absolute atomic E-state index is 0.0140. The molecule has 0 bridgehead atoms. The van der Waals surface area contributed by atoms with E-state index in [9.17, 15) is 19.7 Å². The van der Waals surface area contributed by atoms with E-state index in [1.54, 1.807) is 17.0 Å². The summed E-state index contributed by atoms with van der Waals surface area (Å²) in [4.78, 5) is 44.1. The van der Waals surface area contributed by atoms with Gasteiger partial charge in [-0.05, 0) is 88.7 Å². The molecule has 2 amide bonds. The van der Waals surface area contributed by atoms with E-state index < -0.39 is 10.8 Å². The molecule has 2 aliphatic rings. The predicted octanol–water partition coefficient (Wildman–Crippen LogP) is 8.24. The average molecular weight is 720 g/mol. The second kappa shape index (κ2) is 18.8. The quantitative estimate of drug-likeness (QED) is 0.0827. The Morgan fingerprint density at radius 2 is 1.43 bits per heavy atom. The van der Waals surface area contributed by atoms with Crippen molar-refractivity contribution in [2.24, 2.45) is 0 Å². The zero-order valence-electron chi connectivity index (χ0n) is 32.0. The van der Waals surface area contributed by atoms with Crippen LogP contribution in [0.2, 0.25) is 0 Å². The molecule has 2 heterocycles. The Labute approximate surface area is 315 Å². The fourth-order valence-corrected chi connectivity index (χ4v) is 8.18. The number of carbonyl (C=O) groups excluding carboxylic acids is 2. The van der Waals surface area contributed by atoms with Crippen LogP contribution in [0.3, 0.4) is 0 Å². The number of benzene rings is 3. The molecule has 0 aromatic heterocycles. The van der Waals surface area contributed by atoms with E-state index in [1.165, 1.54) is 23.3 Å². The van der Waals surface area contributed by atoms with Crippen molar-refractivity contribution in [3.8, 4) is 0 Å². The third kappa shape index (κ3) is 9.07. The Hall–Kier alpha value is -4.76. The van der Waals surface area contributed by atoms with Gasteiger partial charge in [-0.3, -0.25) is 19.7 Å². The first-order chi connectivity index (χ1) is 25.8. The van der Waals surface area contributed by atoms with Gasteiger partial charge in [-0.1, -0.05) is 99.5 Å². The molecule has 2 aliphatic heterocycles. The average Bonchev–Trinajstić information content (AvgIpc) is 3.20. The summed E-state index contributed by atoms with van der Waals surface area (Å²) in [5.74, 6) is -0.964. The highest BCUT2D eigenvalue weighted by Crippen LogP contribution is 2.43. The van der Waals surface area contributed by atoms with E-state index in [1.807, 2.05) is 20.8 Å². The van der Waals surface area contributed by atoms with Gasteiger partial charge in [0.25, 0.3) is 11.6 Å². The SMILES string of the molecule is CCCCCC1=C(C(=O)NCCCN2CCC(c3ccccc3)(c3ccccc3)CC2)C(c2ccc([N+](=O)[O-])cc2)C(C(=O)N(CC)CC)=C(CC)N1. The number of rotatable bonds is 17.